The Bertz CT molecular complexity index is 1210. The van der Waals surface area contributed by atoms with Crippen molar-refractivity contribution in [3.05, 3.63) is 36.4 Å². The first kappa shape index (κ1) is 21.0. The van der Waals surface area contributed by atoms with Gasteiger partial charge in [0.25, 0.3) is 0 Å². The number of H-pyrrole nitrogens is 1. The molecule has 1 aromatic heterocycles. The summed E-state index contributed by atoms with van der Waals surface area (Å²) in [6.45, 7) is 0. The highest BCUT2D eigenvalue weighted by Crippen LogP contribution is 2.34. The highest BCUT2D eigenvalue weighted by molar-refractivity contribution is 7.88. The van der Waals surface area contributed by atoms with Crippen LogP contribution in [0.3, 0.4) is 0 Å². The Kier molecular flexibility index (Phi) is 4.65. The number of alkyl halides is 6. The molecule has 0 radical (unpaired) electrons. The van der Waals surface area contributed by atoms with Crippen LogP contribution in [0.15, 0.2) is 36.4 Å². The van der Waals surface area contributed by atoms with E-state index in [2.05, 4.69) is 13.4 Å². The maximum atomic E-state index is 12.4. The van der Waals surface area contributed by atoms with E-state index in [0.717, 1.165) is 24.3 Å². The Hall–Kier alpha value is -2.68. The van der Waals surface area contributed by atoms with Crippen molar-refractivity contribution in [2.75, 3.05) is 0 Å². The van der Waals surface area contributed by atoms with Gasteiger partial charge in [-0.05, 0) is 24.3 Å². The standard InChI is InChI=1S/C14H7F6NO6S2/c15-13(16,17)28(22,23)26-7-1-3-9-10-4-2-8(6-12(10)21-11(9)5-7)27-29(24,25)14(18,19)20/h1-6,21H. The number of hydrogen-bond acceptors (Lipinski definition) is 6. The molecule has 1 N–H and O–H groups in total. The molecule has 0 saturated heterocycles. The van der Waals surface area contributed by atoms with Gasteiger partial charge in [-0.15, -0.1) is 0 Å². The predicted molar refractivity (Wildman–Crippen MR) is 87.0 cm³/mol. The predicted octanol–water partition coefficient (Wildman–Crippen LogP) is 3.78. The lowest BCUT2D eigenvalue weighted by Gasteiger charge is -2.09. The van der Waals surface area contributed by atoms with Crippen molar-refractivity contribution < 1.29 is 51.5 Å². The van der Waals surface area contributed by atoms with E-state index in [1.54, 1.807) is 0 Å². The van der Waals surface area contributed by atoms with Crippen molar-refractivity contribution in [3.63, 3.8) is 0 Å². The van der Waals surface area contributed by atoms with Gasteiger partial charge >= 0.3 is 31.3 Å². The fourth-order valence-electron chi connectivity index (χ4n) is 2.32. The maximum Gasteiger partial charge on any atom is 0.534 e. The maximum absolute atomic E-state index is 12.4. The van der Waals surface area contributed by atoms with Gasteiger partial charge in [0.2, 0.25) is 0 Å². The molecule has 3 rings (SSSR count). The topological polar surface area (TPSA) is 103 Å². The molecule has 15 heteroatoms. The van der Waals surface area contributed by atoms with Crippen LogP contribution in [0.2, 0.25) is 0 Å². The normalized spacial score (nSPS) is 13.7. The summed E-state index contributed by atoms with van der Waals surface area (Å²) in [5.41, 5.74) is -11.1. The van der Waals surface area contributed by atoms with E-state index in [1.165, 1.54) is 12.1 Å². The third-order valence-corrected chi connectivity index (χ3v) is 5.48. The van der Waals surface area contributed by atoms with Gasteiger partial charge in [-0.2, -0.15) is 43.2 Å². The fourth-order valence-corrected chi connectivity index (χ4v) is 3.22. The Balaban J connectivity index is 2.00. The molecule has 29 heavy (non-hydrogen) atoms. The van der Waals surface area contributed by atoms with E-state index < -0.39 is 42.8 Å². The van der Waals surface area contributed by atoms with Crippen LogP contribution >= 0.6 is 0 Å². The monoisotopic (exact) mass is 463 g/mol. The van der Waals surface area contributed by atoms with Crippen LogP contribution in [0, 0.1) is 0 Å². The third kappa shape index (κ3) is 3.91. The van der Waals surface area contributed by atoms with Gasteiger partial charge in [0.05, 0.1) is 11.0 Å². The van der Waals surface area contributed by atoms with Crippen LogP contribution < -0.4 is 8.37 Å². The highest BCUT2D eigenvalue weighted by Gasteiger charge is 2.49. The second-order valence-electron chi connectivity index (χ2n) is 5.51. The minimum absolute atomic E-state index is 0.0747. The number of fused-ring (bicyclic) bond motifs is 3. The molecule has 0 aliphatic carbocycles. The number of benzene rings is 2. The first-order chi connectivity index (χ1) is 13.1. The summed E-state index contributed by atoms with van der Waals surface area (Å²) in [5.74, 6) is -1.34. The van der Waals surface area contributed by atoms with Gasteiger partial charge in [-0.3, -0.25) is 0 Å². The lowest BCUT2D eigenvalue weighted by atomic mass is 10.1. The molecule has 7 nitrogen and oxygen atoms in total. The molecule has 2 aromatic carbocycles. The first-order valence-corrected chi connectivity index (χ1v) is 9.99. The summed E-state index contributed by atoms with van der Waals surface area (Å²) in [6, 6.07) is 6.15. The Morgan fingerprint density at radius 2 is 1.00 bits per heavy atom. The summed E-state index contributed by atoms with van der Waals surface area (Å²) in [7, 11) is -11.8. The second-order valence-corrected chi connectivity index (χ2v) is 8.58. The molecule has 1 heterocycles. The molecule has 0 aliphatic rings. The number of rotatable bonds is 4. The lowest BCUT2D eigenvalue weighted by molar-refractivity contribution is -0.0504. The van der Waals surface area contributed by atoms with Crippen molar-refractivity contribution in [1.29, 1.82) is 0 Å². The van der Waals surface area contributed by atoms with Crippen LogP contribution in [-0.4, -0.2) is 32.8 Å². The number of nitrogens with one attached hydrogen (secondary N) is 1. The molecule has 0 amide bonds. The zero-order valence-corrected chi connectivity index (χ0v) is 15.1. The number of aromatic nitrogens is 1. The summed E-state index contributed by atoms with van der Waals surface area (Å²) < 4.78 is 127. The SMILES string of the molecule is O=S(=O)(Oc1ccc2c(c1)[nH]c1cc(OS(=O)(=O)C(F)(F)F)ccc12)C(F)(F)F. The molecule has 158 valence electrons. The summed E-state index contributed by atoms with van der Waals surface area (Å²) in [4.78, 5) is 2.60. The minimum Gasteiger partial charge on any atom is -0.376 e. The van der Waals surface area contributed by atoms with Crippen molar-refractivity contribution in [1.82, 2.24) is 4.98 Å². The molecule has 0 atom stereocenters. The fraction of sp³-hybridized carbons (Fsp3) is 0.143. The molecule has 0 aliphatic heterocycles. The lowest BCUT2D eigenvalue weighted by Crippen LogP contribution is -2.28. The number of halogens is 6. The average Bonchev–Trinajstić information content (AvgIpc) is 2.88. The van der Waals surface area contributed by atoms with Gasteiger partial charge in [0, 0.05) is 22.9 Å². The smallest absolute Gasteiger partial charge is 0.376 e. The van der Waals surface area contributed by atoms with Gasteiger partial charge in [-0.1, -0.05) is 0 Å². The van der Waals surface area contributed by atoms with E-state index in [-0.39, 0.29) is 11.0 Å². The Morgan fingerprint density at radius 3 is 1.31 bits per heavy atom. The average molecular weight is 463 g/mol. The molecule has 3 aromatic rings. The van der Waals surface area contributed by atoms with Crippen molar-refractivity contribution in [2.24, 2.45) is 0 Å². The summed E-state index contributed by atoms with van der Waals surface area (Å²) in [5, 5.41) is 0.698. The van der Waals surface area contributed by atoms with E-state index in [4.69, 9.17) is 0 Å². The van der Waals surface area contributed by atoms with Crippen molar-refractivity contribution in [3.8, 4) is 11.5 Å². The highest BCUT2D eigenvalue weighted by atomic mass is 32.2. The summed E-state index contributed by atoms with van der Waals surface area (Å²) in [6.07, 6.45) is 0. The van der Waals surface area contributed by atoms with Crippen LogP contribution in [0.5, 0.6) is 11.5 Å². The van der Waals surface area contributed by atoms with Crippen LogP contribution in [0.1, 0.15) is 0 Å². The van der Waals surface area contributed by atoms with Gasteiger partial charge in [0.15, 0.2) is 0 Å². The molecule has 0 unspecified atom stereocenters. The zero-order chi connectivity index (χ0) is 21.8. The number of aromatic amines is 1. The van der Waals surface area contributed by atoms with Gasteiger partial charge in [-0.25, -0.2) is 0 Å². The van der Waals surface area contributed by atoms with Crippen LogP contribution in [0.25, 0.3) is 21.8 Å². The zero-order valence-electron chi connectivity index (χ0n) is 13.5. The Labute approximate surface area is 158 Å². The van der Waals surface area contributed by atoms with Crippen LogP contribution in [-0.2, 0) is 20.2 Å². The van der Waals surface area contributed by atoms with E-state index in [1.807, 2.05) is 0 Å². The number of hydrogen-bond donors (Lipinski definition) is 1. The first-order valence-electron chi connectivity index (χ1n) is 7.18. The van der Waals surface area contributed by atoms with Gasteiger partial charge < -0.3 is 13.4 Å². The summed E-state index contributed by atoms with van der Waals surface area (Å²) >= 11 is 0. The molecule has 0 saturated carbocycles. The van der Waals surface area contributed by atoms with Crippen molar-refractivity contribution in [2.45, 2.75) is 11.0 Å². The Morgan fingerprint density at radius 1 is 0.655 bits per heavy atom. The molecular weight excluding hydrogens is 456 g/mol. The quantitative estimate of drug-likeness (QED) is 0.359. The largest absolute Gasteiger partial charge is 0.534 e. The van der Waals surface area contributed by atoms with Gasteiger partial charge in [0.1, 0.15) is 11.5 Å². The van der Waals surface area contributed by atoms with Crippen LogP contribution in [0.4, 0.5) is 26.3 Å². The van der Waals surface area contributed by atoms with E-state index in [9.17, 15) is 43.2 Å². The second kappa shape index (κ2) is 6.41. The van der Waals surface area contributed by atoms with E-state index >= 15 is 0 Å². The molecule has 0 fully saturated rings. The van der Waals surface area contributed by atoms with E-state index in [0.29, 0.717) is 10.8 Å². The molecular formula is C14H7F6NO6S2. The molecule has 0 bridgehead atoms. The molecule has 0 spiro atoms. The minimum atomic E-state index is -5.90. The third-order valence-electron chi connectivity index (χ3n) is 3.52. The van der Waals surface area contributed by atoms with Crippen molar-refractivity contribution >= 4 is 42.0 Å².